The van der Waals surface area contributed by atoms with Gasteiger partial charge in [0.2, 0.25) is 0 Å². The summed E-state index contributed by atoms with van der Waals surface area (Å²) in [5.74, 6) is -0.873. The fraction of sp³-hybridized carbons (Fsp3) is 0.0968. The van der Waals surface area contributed by atoms with Gasteiger partial charge >= 0.3 is 0 Å². The molecule has 0 aliphatic carbocycles. The summed E-state index contributed by atoms with van der Waals surface area (Å²) in [6.45, 7) is 0. The van der Waals surface area contributed by atoms with Crippen LogP contribution < -0.4 is 19.1 Å². The van der Waals surface area contributed by atoms with E-state index in [4.69, 9.17) is 14.2 Å². The summed E-state index contributed by atoms with van der Waals surface area (Å²) in [5.41, 5.74) is 0.848. The van der Waals surface area contributed by atoms with Crippen LogP contribution >= 0.6 is 0 Å². The maximum atomic E-state index is 13.7. The van der Waals surface area contributed by atoms with Gasteiger partial charge in [-0.3, -0.25) is 14.5 Å². The monoisotopic (exact) mass is 525 g/mol. The molecule has 1 N–H and O–H groups in total. The average Bonchev–Trinajstić information content (AvgIpc) is 3.23. The number of para-hydroxylation sites is 1. The predicted molar refractivity (Wildman–Crippen MR) is 144 cm³/mol. The molecule has 1 saturated heterocycles. The molecule has 39 heavy (non-hydrogen) atoms. The molecule has 4 aromatic carbocycles. The van der Waals surface area contributed by atoms with Crippen LogP contribution in [-0.2, 0) is 9.59 Å². The Kier molecular flexibility index (Phi) is 7.01. The van der Waals surface area contributed by atoms with Crippen LogP contribution in [0.4, 0.5) is 10.1 Å². The van der Waals surface area contributed by atoms with Gasteiger partial charge in [0, 0.05) is 11.8 Å². The second-order valence-electron chi connectivity index (χ2n) is 8.70. The van der Waals surface area contributed by atoms with Gasteiger partial charge in [0.05, 0.1) is 31.4 Å². The van der Waals surface area contributed by atoms with Crippen LogP contribution in [0.3, 0.4) is 0 Å². The Morgan fingerprint density at radius 1 is 0.795 bits per heavy atom. The standard InChI is InChI=1S/C31H24FNO6/c1-37-23-15-16-25(26(18-23)38-2)29(34)27-28(33(31(36)30(27)35)21-13-11-20(32)12-14-21)19-7-6-10-24(17-19)39-22-8-4-3-5-9-22/h3-18,28,34H,1-2H3/b29-27+. The number of ether oxygens (including phenoxy) is 3. The maximum absolute atomic E-state index is 13.7. The molecule has 1 aliphatic heterocycles. The minimum Gasteiger partial charge on any atom is -0.507 e. The Morgan fingerprint density at radius 2 is 1.51 bits per heavy atom. The number of aliphatic hydroxyl groups is 1. The molecule has 7 nitrogen and oxygen atoms in total. The quantitative estimate of drug-likeness (QED) is 0.174. The average molecular weight is 526 g/mol. The molecule has 0 saturated carbocycles. The highest BCUT2D eigenvalue weighted by Gasteiger charge is 2.47. The van der Waals surface area contributed by atoms with Gasteiger partial charge in [0.25, 0.3) is 11.7 Å². The van der Waals surface area contributed by atoms with E-state index in [1.54, 1.807) is 54.6 Å². The third-order valence-electron chi connectivity index (χ3n) is 6.37. The summed E-state index contributed by atoms with van der Waals surface area (Å²) in [4.78, 5) is 28.1. The van der Waals surface area contributed by atoms with Gasteiger partial charge in [-0.15, -0.1) is 0 Å². The molecule has 0 spiro atoms. The van der Waals surface area contributed by atoms with Crippen molar-refractivity contribution in [1.29, 1.82) is 0 Å². The molecule has 1 fully saturated rings. The number of amides is 1. The molecular weight excluding hydrogens is 501 g/mol. The van der Waals surface area contributed by atoms with Crippen molar-refractivity contribution in [1.82, 2.24) is 0 Å². The second kappa shape index (κ2) is 10.7. The molecule has 1 atom stereocenters. The zero-order valence-electron chi connectivity index (χ0n) is 21.1. The number of anilines is 1. The SMILES string of the molecule is COc1ccc(/C(O)=C2\C(=O)C(=O)N(c3ccc(F)cc3)C2c2cccc(Oc3ccccc3)c2)c(OC)c1. The van der Waals surface area contributed by atoms with Gasteiger partial charge < -0.3 is 19.3 Å². The summed E-state index contributed by atoms with van der Waals surface area (Å²) in [5, 5.41) is 11.5. The lowest BCUT2D eigenvalue weighted by Crippen LogP contribution is -2.29. The zero-order chi connectivity index (χ0) is 27.5. The van der Waals surface area contributed by atoms with Crippen LogP contribution in [0.15, 0.2) is 103 Å². The molecule has 8 heteroatoms. The third kappa shape index (κ3) is 4.92. The molecule has 0 bridgehead atoms. The van der Waals surface area contributed by atoms with E-state index in [1.807, 2.05) is 18.2 Å². The van der Waals surface area contributed by atoms with Crippen molar-refractivity contribution in [2.24, 2.45) is 0 Å². The first-order chi connectivity index (χ1) is 18.9. The summed E-state index contributed by atoms with van der Waals surface area (Å²) < 4.78 is 30.4. The smallest absolute Gasteiger partial charge is 0.300 e. The van der Waals surface area contributed by atoms with Crippen molar-refractivity contribution in [2.45, 2.75) is 6.04 Å². The Labute approximate surface area is 224 Å². The lowest BCUT2D eigenvalue weighted by atomic mass is 9.94. The normalized spacial score (nSPS) is 16.3. The Bertz CT molecular complexity index is 1570. The van der Waals surface area contributed by atoms with Gasteiger partial charge in [-0.1, -0.05) is 30.3 Å². The first-order valence-corrected chi connectivity index (χ1v) is 12.0. The Hall–Kier alpha value is -5.11. The summed E-state index contributed by atoms with van der Waals surface area (Å²) >= 11 is 0. The maximum Gasteiger partial charge on any atom is 0.300 e. The molecular formula is C31H24FNO6. The van der Waals surface area contributed by atoms with Crippen LogP contribution in [0.25, 0.3) is 5.76 Å². The molecule has 196 valence electrons. The van der Waals surface area contributed by atoms with Crippen molar-refractivity contribution in [3.8, 4) is 23.0 Å². The van der Waals surface area contributed by atoms with Crippen LogP contribution in [-0.4, -0.2) is 31.0 Å². The number of benzene rings is 4. The van der Waals surface area contributed by atoms with Gasteiger partial charge in [-0.25, -0.2) is 4.39 Å². The number of halogens is 1. The van der Waals surface area contributed by atoms with Crippen LogP contribution in [0.1, 0.15) is 17.2 Å². The number of ketones is 1. The van der Waals surface area contributed by atoms with E-state index in [-0.39, 0.29) is 16.9 Å². The zero-order valence-corrected chi connectivity index (χ0v) is 21.1. The van der Waals surface area contributed by atoms with Crippen molar-refractivity contribution < 1.29 is 33.3 Å². The van der Waals surface area contributed by atoms with E-state index in [2.05, 4.69) is 0 Å². The molecule has 1 unspecified atom stereocenters. The number of carbonyl (C=O) groups is 2. The largest absolute Gasteiger partial charge is 0.507 e. The number of hydrogen-bond acceptors (Lipinski definition) is 6. The minimum absolute atomic E-state index is 0.148. The van der Waals surface area contributed by atoms with Crippen LogP contribution in [0.5, 0.6) is 23.0 Å². The highest BCUT2D eigenvalue weighted by Crippen LogP contribution is 2.44. The predicted octanol–water partition coefficient (Wildman–Crippen LogP) is 6.26. The molecule has 0 radical (unpaired) electrons. The van der Waals surface area contributed by atoms with E-state index in [0.717, 1.165) is 0 Å². The van der Waals surface area contributed by atoms with Gasteiger partial charge in [-0.2, -0.15) is 0 Å². The fourth-order valence-corrected chi connectivity index (χ4v) is 4.53. The second-order valence-corrected chi connectivity index (χ2v) is 8.70. The van der Waals surface area contributed by atoms with Gasteiger partial charge in [0.15, 0.2) is 0 Å². The number of methoxy groups -OCH3 is 2. The van der Waals surface area contributed by atoms with Crippen molar-refractivity contribution in [3.05, 3.63) is 120 Å². The number of Topliss-reactive ketones (excluding diaryl/α,β-unsaturated/α-hetero) is 1. The van der Waals surface area contributed by atoms with E-state index >= 15 is 0 Å². The van der Waals surface area contributed by atoms with E-state index < -0.39 is 29.3 Å². The highest BCUT2D eigenvalue weighted by atomic mass is 19.1. The van der Waals surface area contributed by atoms with Crippen LogP contribution in [0, 0.1) is 5.82 Å². The molecule has 1 aliphatic rings. The van der Waals surface area contributed by atoms with Crippen molar-refractivity contribution in [2.75, 3.05) is 19.1 Å². The highest BCUT2D eigenvalue weighted by molar-refractivity contribution is 6.51. The van der Waals surface area contributed by atoms with Crippen LogP contribution in [0.2, 0.25) is 0 Å². The van der Waals surface area contributed by atoms with Crippen molar-refractivity contribution in [3.63, 3.8) is 0 Å². The molecule has 4 aromatic rings. The molecule has 1 amide bonds. The lowest BCUT2D eigenvalue weighted by molar-refractivity contribution is -0.132. The number of hydrogen-bond donors (Lipinski definition) is 1. The van der Waals surface area contributed by atoms with E-state index in [1.165, 1.54) is 43.4 Å². The van der Waals surface area contributed by atoms with Gasteiger partial charge in [0.1, 0.15) is 34.6 Å². The number of nitrogens with zero attached hydrogens (tertiary/aromatic N) is 1. The molecule has 1 heterocycles. The lowest BCUT2D eigenvalue weighted by Gasteiger charge is -2.26. The Morgan fingerprint density at radius 3 is 2.21 bits per heavy atom. The molecule has 0 aromatic heterocycles. The number of carbonyl (C=O) groups excluding carboxylic acids is 2. The topological polar surface area (TPSA) is 85.3 Å². The minimum atomic E-state index is -1.04. The summed E-state index contributed by atoms with van der Waals surface area (Å²) in [7, 11) is 2.91. The van der Waals surface area contributed by atoms with E-state index in [9.17, 15) is 19.1 Å². The summed E-state index contributed by atoms with van der Waals surface area (Å²) in [6, 6.07) is 24.9. The van der Waals surface area contributed by atoms with E-state index in [0.29, 0.717) is 28.5 Å². The first kappa shape index (κ1) is 25.5. The fourth-order valence-electron chi connectivity index (χ4n) is 4.53. The van der Waals surface area contributed by atoms with Crippen molar-refractivity contribution >= 4 is 23.1 Å². The third-order valence-corrected chi connectivity index (χ3v) is 6.37. The first-order valence-electron chi connectivity index (χ1n) is 12.0. The molecule has 5 rings (SSSR count). The van der Waals surface area contributed by atoms with Gasteiger partial charge in [-0.05, 0) is 66.2 Å². The Balaban J connectivity index is 1.69. The number of rotatable bonds is 7. The summed E-state index contributed by atoms with van der Waals surface area (Å²) in [6.07, 6.45) is 0. The number of aliphatic hydroxyl groups excluding tert-OH is 1.